The first-order valence-electron chi connectivity index (χ1n) is 5.05. The van der Waals surface area contributed by atoms with Gasteiger partial charge in [-0.15, -0.1) is 11.4 Å². The molecule has 13 heavy (non-hydrogen) atoms. The van der Waals surface area contributed by atoms with Gasteiger partial charge in [0.05, 0.1) is 6.61 Å². The first-order chi connectivity index (χ1) is 6.43. The molecule has 0 bridgehead atoms. The summed E-state index contributed by atoms with van der Waals surface area (Å²) in [6.45, 7) is 3.09. The zero-order chi connectivity index (χ0) is 9.36. The van der Waals surface area contributed by atoms with Gasteiger partial charge in [0, 0.05) is 0 Å². The summed E-state index contributed by atoms with van der Waals surface area (Å²) in [5, 5.41) is 5.16. The Balaban J connectivity index is 1.90. The summed E-state index contributed by atoms with van der Waals surface area (Å²) in [6.07, 6.45) is 8.47. The molecule has 0 radical (unpaired) electrons. The minimum absolute atomic E-state index is 0.853. The number of rotatable bonds is 7. The molecule has 1 nitrogen and oxygen atoms in total. The zero-order valence-corrected chi connectivity index (χ0v) is 9.15. The van der Waals surface area contributed by atoms with E-state index in [9.17, 15) is 0 Å². The van der Waals surface area contributed by atoms with E-state index < -0.39 is 0 Å². The fraction of sp³-hybridized carbons (Fsp3) is 0.636. The largest absolute Gasteiger partial charge is 0.486 e. The molecule has 1 rings (SSSR count). The molecule has 1 aliphatic rings. The third kappa shape index (κ3) is 4.97. The van der Waals surface area contributed by atoms with Crippen molar-refractivity contribution in [1.82, 2.24) is 0 Å². The van der Waals surface area contributed by atoms with Crippen molar-refractivity contribution in [1.29, 1.82) is 0 Å². The third-order valence-corrected chi connectivity index (χ3v) is 2.63. The summed E-state index contributed by atoms with van der Waals surface area (Å²) < 4.78 is 5.49. The average molecular weight is 198 g/mol. The molecule has 0 N–H and O–H groups in total. The minimum atomic E-state index is 0.853. The maximum Gasteiger partial charge on any atom is 0.168 e. The topological polar surface area (TPSA) is 9.23 Å². The van der Waals surface area contributed by atoms with Gasteiger partial charge in [0.15, 0.2) is 5.76 Å². The van der Waals surface area contributed by atoms with Crippen LogP contribution in [0.4, 0.5) is 0 Å². The van der Waals surface area contributed by atoms with Crippen LogP contribution in [0.1, 0.15) is 39.0 Å². The van der Waals surface area contributed by atoms with Crippen LogP contribution in [0.25, 0.3) is 0 Å². The van der Waals surface area contributed by atoms with Crippen LogP contribution in [0, 0.1) is 0 Å². The predicted octanol–water partition coefficient (Wildman–Crippen LogP) is 3.25. The Bertz CT molecular complexity index is 224. The molecule has 1 heterocycles. The van der Waals surface area contributed by atoms with Crippen molar-refractivity contribution >= 4 is 16.4 Å². The standard InChI is InChI=1S/C11H18OS/c1-2-3-4-5-6-8-12-11-7-9-13-10-11/h7,9,13H,2-6,8H2,1H3. The van der Waals surface area contributed by atoms with Gasteiger partial charge in [-0.25, -0.2) is 0 Å². The average Bonchev–Trinajstić information content (AvgIpc) is 2.63. The number of ether oxygens (including phenoxy) is 1. The Labute approximate surface area is 84.4 Å². The molecule has 0 aromatic carbocycles. The van der Waals surface area contributed by atoms with Gasteiger partial charge in [0.25, 0.3) is 0 Å². The quantitative estimate of drug-likeness (QED) is 0.375. The molecule has 1 aliphatic heterocycles. The van der Waals surface area contributed by atoms with Crippen LogP contribution in [0.15, 0.2) is 17.2 Å². The smallest absolute Gasteiger partial charge is 0.168 e. The molecule has 0 spiro atoms. The fourth-order valence-electron chi connectivity index (χ4n) is 1.21. The van der Waals surface area contributed by atoms with Crippen molar-refractivity contribution in [3.05, 3.63) is 17.2 Å². The lowest BCUT2D eigenvalue weighted by Gasteiger charge is -2.03. The molecule has 0 saturated heterocycles. The second kappa shape index (κ2) is 6.99. The minimum Gasteiger partial charge on any atom is -0.486 e. The van der Waals surface area contributed by atoms with Gasteiger partial charge in [-0.2, -0.15) is 0 Å². The highest BCUT2D eigenvalue weighted by atomic mass is 32.1. The van der Waals surface area contributed by atoms with E-state index in [1.807, 2.05) is 11.5 Å². The molecule has 0 atom stereocenters. The van der Waals surface area contributed by atoms with E-state index in [0.717, 1.165) is 23.7 Å². The lowest BCUT2D eigenvalue weighted by atomic mass is 10.2. The summed E-state index contributed by atoms with van der Waals surface area (Å²) in [4.78, 5) is 0. The van der Waals surface area contributed by atoms with Gasteiger partial charge in [0.2, 0.25) is 0 Å². The van der Waals surface area contributed by atoms with E-state index >= 15 is 0 Å². The lowest BCUT2D eigenvalue weighted by Crippen LogP contribution is -1.92. The zero-order valence-electron chi connectivity index (χ0n) is 8.25. The number of allylic oxidation sites excluding steroid dienone is 1. The monoisotopic (exact) mass is 198 g/mol. The summed E-state index contributed by atoms with van der Waals surface area (Å²) in [5.41, 5.74) is 0. The van der Waals surface area contributed by atoms with Gasteiger partial charge < -0.3 is 4.74 Å². The summed E-state index contributed by atoms with van der Waals surface area (Å²) in [7, 11) is 0. The fourth-order valence-corrected chi connectivity index (χ4v) is 1.76. The Morgan fingerprint density at radius 3 is 2.85 bits per heavy atom. The third-order valence-electron chi connectivity index (χ3n) is 1.98. The van der Waals surface area contributed by atoms with Gasteiger partial charge in [-0.1, -0.05) is 32.6 Å². The predicted molar refractivity (Wildman–Crippen MR) is 61.4 cm³/mol. The van der Waals surface area contributed by atoms with E-state index in [1.165, 1.54) is 32.1 Å². The highest BCUT2D eigenvalue weighted by Crippen LogP contribution is 2.07. The van der Waals surface area contributed by atoms with E-state index in [1.54, 1.807) is 0 Å². The number of thiol groups is 1. The normalized spacial score (nSPS) is 14.1. The van der Waals surface area contributed by atoms with Crippen molar-refractivity contribution < 1.29 is 4.74 Å². The van der Waals surface area contributed by atoms with Crippen molar-refractivity contribution in [2.75, 3.05) is 6.61 Å². The Hall–Kier alpha value is -0.460. The van der Waals surface area contributed by atoms with Crippen LogP contribution in [0.5, 0.6) is 0 Å². The van der Waals surface area contributed by atoms with E-state index in [2.05, 4.69) is 11.9 Å². The van der Waals surface area contributed by atoms with Crippen molar-refractivity contribution in [2.45, 2.75) is 39.0 Å². The van der Waals surface area contributed by atoms with Crippen molar-refractivity contribution in [3.63, 3.8) is 0 Å². The van der Waals surface area contributed by atoms with Gasteiger partial charge in [-0.3, -0.25) is 0 Å². The molecule has 0 aromatic rings. The number of hydrogen-bond donors (Lipinski definition) is 1. The molecule has 0 aromatic heterocycles. The first-order valence-corrected chi connectivity index (χ1v) is 6.02. The molecule has 0 saturated carbocycles. The molecule has 0 unspecified atom stereocenters. The van der Waals surface area contributed by atoms with Crippen LogP contribution < -0.4 is 0 Å². The SMILES string of the molecule is CCCCCCCOC1=C=[SH]C=C1. The summed E-state index contributed by atoms with van der Waals surface area (Å²) in [5.74, 6) is 0.928. The maximum atomic E-state index is 5.49. The maximum absolute atomic E-state index is 5.49. The van der Waals surface area contributed by atoms with E-state index in [0.29, 0.717) is 0 Å². The van der Waals surface area contributed by atoms with Gasteiger partial charge in [-0.05, 0) is 22.9 Å². The second-order valence-electron chi connectivity index (χ2n) is 3.18. The van der Waals surface area contributed by atoms with Gasteiger partial charge >= 0.3 is 0 Å². The van der Waals surface area contributed by atoms with E-state index in [4.69, 9.17) is 4.74 Å². The van der Waals surface area contributed by atoms with E-state index in [-0.39, 0.29) is 0 Å². The molecular weight excluding hydrogens is 180 g/mol. The Morgan fingerprint density at radius 1 is 1.31 bits per heavy atom. The van der Waals surface area contributed by atoms with Crippen LogP contribution >= 0.6 is 11.4 Å². The molecule has 0 fully saturated rings. The lowest BCUT2D eigenvalue weighted by molar-refractivity contribution is 0.222. The van der Waals surface area contributed by atoms with Crippen LogP contribution in [-0.4, -0.2) is 11.6 Å². The first kappa shape index (κ1) is 10.6. The van der Waals surface area contributed by atoms with Gasteiger partial charge in [0.1, 0.15) is 0 Å². The van der Waals surface area contributed by atoms with Crippen LogP contribution in [-0.2, 0) is 4.74 Å². The molecule has 74 valence electrons. The van der Waals surface area contributed by atoms with Crippen LogP contribution in [0.2, 0.25) is 0 Å². The van der Waals surface area contributed by atoms with Crippen molar-refractivity contribution in [2.24, 2.45) is 0 Å². The summed E-state index contributed by atoms with van der Waals surface area (Å²) in [6, 6.07) is 0. The summed E-state index contributed by atoms with van der Waals surface area (Å²) >= 11 is 1.14. The Morgan fingerprint density at radius 2 is 2.15 bits per heavy atom. The second-order valence-corrected chi connectivity index (χ2v) is 3.96. The molecule has 0 aliphatic carbocycles. The molecule has 0 amide bonds. The molecule has 2 heteroatoms. The Kier molecular flexibility index (Phi) is 5.71. The number of unbranched alkanes of at least 4 members (excludes halogenated alkanes) is 4. The highest BCUT2D eigenvalue weighted by Gasteiger charge is 1.94. The highest BCUT2D eigenvalue weighted by molar-refractivity contribution is 8.00. The number of hydrogen-bond acceptors (Lipinski definition) is 1. The van der Waals surface area contributed by atoms with Crippen molar-refractivity contribution in [3.8, 4) is 0 Å². The molecular formula is C11H18OS. The van der Waals surface area contributed by atoms with Crippen LogP contribution in [0.3, 0.4) is 0 Å².